The Balaban J connectivity index is 1.98. The van der Waals surface area contributed by atoms with Gasteiger partial charge in [0.25, 0.3) is 10.0 Å². The summed E-state index contributed by atoms with van der Waals surface area (Å²) in [7, 11) is -3.78. The predicted molar refractivity (Wildman–Crippen MR) is 81.5 cm³/mol. The minimum Gasteiger partial charge on any atom is -0.278 e. The maximum atomic E-state index is 12.5. The van der Waals surface area contributed by atoms with Crippen molar-refractivity contribution in [3.8, 4) is 5.13 Å². The summed E-state index contributed by atoms with van der Waals surface area (Å²) in [4.78, 5) is 4.06. The van der Waals surface area contributed by atoms with E-state index in [-0.39, 0.29) is 5.03 Å². The molecule has 1 N–H and O–H groups in total. The smallest absolute Gasteiger partial charge is 0.278 e. The summed E-state index contributed by atoms with van der Waals surface area (Å²) in [6, 6.07) is 7.89. The highest BCUT2D eigenvalue weighted by Crippen LogP contribution is 2.21. The molecule has 108 valence electrons. The number of aromatic nitrogens is 3. The number of benzene rings is 1. The molecule has 0 aliphatic carbocycles. The number of hydrogen-bond acceptors (Lipinski definition) is 5. The monoisotopic (exact) mass is 340 g/mol. The van der Waals surface area contributed by atoms with E-state index in [1.807, 2.05) is 0 Å². The number of halogens is 1. The van der Waals surface area contributed by atoms with Crippen LogP contribution in [-0.4, -0.2) is 23.2 Å². The zero-order valence-corrected chi connectivity index (χ0v) is 12.9. The van der Waals surface area contributed by atoms with Crippen molar-refractivity contribution in [2.24, 2.45) is 0 Å². The SMILES string of the molecule is O=S(=O)(Nc1cccc(Cl)c1)c1ccnn1-c1nccs1. The molecule has 0 saturated heterocycles. The Labute approximate surface area is 130 Å². The van der Waals surface area contributed by atoms with Gasteiger partial charge in [0.2, 0.25) is 5.13 Å². The zero-order valence-electron chi connectivity index (χ0n) is 10.5. The van der Waals surface area contributed by atoms with Crippen LogP contribution < -0.4 is 4.72 Å². The summed E-state index contributed by atoms with van der Waals surface area (Å²) in [6.45, 7) is 0. The number of nitrogens with zero attached hydrogens (tertiary/aromatic N) is 3. The molecule has 0 unspecified atom stereocenters. The second kappa shape index (κ2) is 5.47. The zero-order chi connectivity index (χ0) is 14.9. The Morgan fingerprint density at radius 3 is 2.81 bits per heavy atom. The van der Waals surface area contributed by atoms with Crippen LogP contribution >= 0.6 is 22.9 Å². The van der Waals surface area contributed by atoms with Crippen LogP contribution in [0.4, 0.5) is 5.69 Å². The van der Waals surface area contributed by atoms with E-state index in [9.17, 15) is 8.42 Å². The summed E-state index contributed by atoms with van der Waals surface area (Å²) in [5.74, 6) is 0. The maximum Gasteiger partial charge on any atom is 0.279 e. The van der Waals surface area contributed by atoms with E-state index in [2.05, 4.69) is 14.8 Å². The summed E-state index contributed by atoms with van der Waals surface area (Å²) < 4.78 is 28.6. The van der Waals surface area contributed by atoms with Gasteiger partial charge in [0.15, 0.2) is 5.03 Å². The molecule has 1 aromatic carbocycles. The van der Waals surface area contributed by atoms with Crippen LogP contribution in [-0.2, 0) is 10.0 Å². The lowest BCUT2D eigenvalue weighted by molar-refractivity contribution is 0.591. The highest BCUT2D eigenvalue weighted by Gasteiger charge is 2.21. The first-order chi connectivity index (χ1) is 10.1. The molecule has 0 atom stereocenters. The number of rotatable bonds is 4. The Morgan fingerprint density at radius 1 is 1.24 bits per heavy atom. The molecule has 3 aromatic rings. The lowest BCUT2D eigenvalue weighted by Gasteiger charge is -2.09. The fourth-order valence-corrected chi connectivity index (χ4v) is 3.72. The summed E-state index contributed by atoms with van der Waals surface area (Å²) >= 11 is 7.15. The number of sulfonamides is 1. The second-order valence-corrected chi connectivity index (χ2v) is 6.95. The molecule has 3 rings (SSSR count). The van der Waals surface area contributed by atoms with Gasteiger partial charge in [0.05, 0.1) is 11.9 Å². The molecule has 0 saturated carbocycles. The average Bonchev–Trinajstić information content (AvgIpc) is 3.09. The Hall–Kier alpha value is -1.90. The molecule has 0 radical (unpaired) electrons. The van der Waals surface area contributed by atoms with Gasteiger partial charge in [0, 0.05) is 16.6 Å². The molecule has 2 heterocycles. The van der Waals surface area contributed by atoms with Crippen molar-refractivity contribution >= 4 is 38.6 Å². The number of anilines is 1. The van der Waals surface area contributed by atoms with E-state index < -0.39 is 10.0 Å². The molecule has 6 nitrogen and oxygen atoms in total. The molecule has 0 spiro atoms. The standard InChI is InChI=1S/C12H9ClN4O2S2/c13-9-2-1-3-10(8-9)16-21(18,19)11-4-5-15-17(11)12-14-6-7-20-12/h1-8,16H. The number of hydrogen-bond donors (Lipinski definition) is 1. The van der Waals surface area contributed by atoms with Crippen molar-refractivity contribution in [3.63, 3.8) is 0 Å². The van der Waals surface area contributed by atoms with Gasteiger partial charge in [-0.1, -0.05) is 17.7 Å². The first-order valence-corrected chi connectivity index (χ1v) is 8.53. The van der Waals surface area contributed by atoms with Crippen molar-refractivity contribution < 1.29 is 8.42 Å². The molecule has 9 heteroatoms. The largest absolute Gasteiger partial charge is 0.279 e. The van der Waals surface area contributed by atoms with Crippen molar-refractivity contribution in [1.82, 2.24) is 14.8 Å². The lowest BCUT2D eigenvalue weighted by Crippen LogP contribution is -2.17. The third-order valence-corrected chi connectivity index (χ3v) is 4.91. The summed E-state index contributed by atoms with van der Waals surface area (Å²) in [5.41, 5.74) is 0.384. The van der Waals surface area contributed by atoms with Crippen LogP contribution in [0, 0.1) is 0 Å². The van der Waals surface area contributed by atoms with E-state index >= 15 is 0 Å². The minimum absolute atomic E-state index is 0.0115. The fourth-order valence-electron chi connectivity index (χ4n) is 1.72. The molecule has 2 aromatic heterocycles. The van der Waals surface area contributed by atoms with E-state index in [1.54, 1.807) is 29.8 Å². The maximum absolute atomic E-state index is 12.5. The van der Waals surface area contributed by atoms with Gasteiger partial charge in [-0.05, 0) is 24.3 Å². The van der Waals surface area contributed by atoms with E-state index in [0.717, 1.165) is 0 Å². The first-order valence-electron chi connectivity index (χ1n) is 5.78. The lowest BCUT2D eigenvalue weighted by atomic mass is 10.3. The fraction of sp³-hybridized carbons (Fsp3) is 0. The van der Waals surface area contributed by atoms with Crippen LogP contribution in [0.5, 0.6) is 0 Å². The highest BCUT2D eigenvalue weighted by atomic mass is 35.5. The summed E-state index contributed by atoms with van der Waals surface area (Å²) in [5, 5.41) is 6.69. The molecule has 21 heavy (non-hydrogen) atoms. The molecule has 0 aliphatic rings. The van der Waals surface area contributed by atoms with Crippen molar-refractivity contribution in [3.05, 3.63) is 53.1 Å². The third-order valence-electron chi connectivity index (χ3n) is 2.56. The van der Waals surface area contributed by atoms with Crippen molar-refractivity contribution in [1.29, 1.82) is 0 Å². The second-order valence-electron chi connectivity index (χ2n) is 4.01. The van der Waals surface area contributed by atoms with Gasteiger partial charge < -0.3 is 0 Å². The first kappa shape index (κ1) is 14.1. The highest BCUT2D eigenvalue weighted by molar-refractivity contribution is 7.92. The number of nitrogens with one attached hydrogen (secondary N) is 1. The third kappa shape index (κ3) is 2.92. The predicted octanol–water partition coefficient (Wildman–Crippen LogP) is 2.78. The molecule has 0 fully saturated rings. The van der Waals surface area contributed by atoms with Gasteiger partial charge in [-0.3, -0.25) is 4.72 Å². The molecule has 0 bridgehead atoms. The van der Waals surface area contributed by atoms with Gasteiger partial charge in [-0.15, -0.1) is 11.3 Å². The Kier molecular flexibility index (Phi) is 3.66. The average molecular weight is 341 g/mol. The van der Waals surface area contributed by atoms with Crippen LogP contribution in [0.3, 0.4) is 0 Å². The van der Waals surface area contributed by atoms with Crippen LogP contribution in [0.2, 0.25) is 5.02 Å². The van der Waals surface area contributed by atoms with E-state index in [0.29, 0.717) is 15.8 Å². The minimum atomic E-state index is -3.78. The Morgan fingerprint density at radius 2 is 2.10 bits per heavy atom. The van der Waals surface area contributed by atoms with Crippen molar-refractivity contribution in [2.75, 3.05) is 4.72 Å². The quantitative estimate of drug-likeness (QED) is 0.792. The van der Waals surface area contributed by atoms with E-state index in [1.165, 1.54) is 34.3 Å². The normalized spacial score (nSPS) is 11.5. The van der Waals surface area contributed by atoms with Crippen LogP contribution in [0.1, 0.15) is 0 Å². The Bertz CT molecular complexity index is 859. The van der Waals surface area contributed by atoms with Gasteiger partial charge in [0.1, 0.15) is 0 Å². The van der Waals surface area contributed by atoms with Gasteiger partial charge >= 0.3 is 0 Å². The number of thiazole rings is 1. The molecular weight excluding hydrogens is 332 g/mol. The van der Waals surface area contributed by atoms with Crippen molar-refractivity contribution in [2.45, 2.75) is 5.03 Å². The molecule has 0 aliphatic heterocycles. The summed E-state index contributed by atoms with van der Waals surface area (Å²) in [6.07, 6.45) is 3.00. The van der Waals surface area contributed by atoms with Gasteiger partial charge in [-0.25, -0.2) is 4.98 Å². The molecular formula is C12H9ClN4O2S2. The topological polar surface area (TPSA) is 76.9 Å². The van der Waals surface area contributed by atoms with Crippen LogP contribution in [0.15, 0.2) is 53.1 Å². The van der Waals surface area contributed by atoms with Crippen LogP contribution in [0.25, 0.3) is 5.13 Å². The molecule has 0 amide bonds. The van der Waals surface area contributed by atoms with E-state index in [4.69, 9.17) is 11.6 Å². The van der Waals surface area contributed by atoms with Gasteiger partial charge in [-0.2, -0.15) is 18.2 Å².